The summed E-state index contributed by atoms with van der Waals surface area (Å²) in [6.07, 6.45) is -4.64. The maximum absolute atomic E-state index is 14.0. The van der Waals surface area contributed by atoms with Gasteiger partial charge in [-0.1, -0.05) is 69.4 Å². The maximum atomic E-state index is 14.0. The van der Waals surface area contributed by atoms with Crippen LogP contribution < -0.4 is 14.5 Å². The Morgan fingerprint density at radius 1 is 1.00 bits per heavy atom. The van der Waals surface area contributed by atoms with E-state index in [0.29, 0.717) is 25.7 Å². The number of aromatic amines is 1. The summed E-state index contributed by atoms with van der Waals surface area (Å²) >= 11 is 5.50. The molecule has 12 heteroatoms. The first-order valence-corrected chi connectivity index (χ1v) is 14.9. The van der Waals surface area contributed by atoms with Crippen molar-refractivity contribution >= 4 is 56.5 Å². The minimum atomic E-state index is -4.64. The summed E-state index contributed by atoms with van der Waals surface area (Å²) in [5.41, 5.74) is 1.49. The van der Waals surface area contributed by atoms with Crippen molar-refractivity contribution in [2.24, 2.45) is 5.92 Å². The summed E-state index contributed by atoms with van der Waals surface area (Å²) in [6.45, 7) is 2.22. The second-order valence-corrected chi connectivity index (χ2v) is 12.8. The third kappa shape index (κ3) is 5.02. The molecule has 0 bridgehead atoms. The van der Waals surface area contributed by atoms with Crippen LogP contribution in [0.2, 0.25) is 0 Å². The zero-order valence-electron chi connectivity index (χ0n) is 21.2. The summed E-state index contributed by atoms with van der Waals surface area (Å²) in [6, 6.07) is 17.3. The lowest BCUT2D eigenvalue weighted by Crippen LogP contribution is -2.32. The zero-order valence-corrected chi connectivity index (χ0v) is 24.4. The number of alkyl halides is 3. The van der Waals surface area contributed by atoms with Gasteiger partial charge in [0, 0.05) is 20.8 Å². The number of hydrogen-bond acceptors (Lipinski definition) is 6. The zero-order chi connectivity index (χ0) is 29.1. The smallest absolute Gasteiger partial charge is 0.416 e. The number of nitrogens with zero attached hydrogens (tertiary/aromatic N) is 1. The molecular formula is C29H20BrF3N2O4S2. The molecule has 2 aliphatic heterocycles. The molecule has 0 aliphatic carbocycles. The second kappa shape index (κ2) is 10.5. The second-order valence-electron chi connectivity index (χ2n) is 9.71. The number of nitrogens with one attached hydrogen (secondary N) is 1. The predicted molar refractivity (Wildman–Crippen MR) is 154 cm³/mol. The molecule has 3 unspecified atom stereocenters. The Bertz CT molecular complexity index is 1750. The fourth-order valence-electron chi connectivity index (χ4n) is 5.25. The number of ether oxygens (including phenoxy) is 1. The van der Waals surface area contributed by atoms with Crippen molar-refractivity contribution in [1.29, 1.82) is 0 Å². The van der Waals surface area contributed by atoms with Crippen molar-refractivity contribution in [3.63, 3.8) is 0 Å². The van der Waals surface area contributed by atoms with Gasteiger partial charge >= 0.3 is 11.0 Å². The molecule has 3 atom stereocenters. The monoisotopic (exact) mass is 660 g/mol. The number of fused-ring (bicyclic) bond motifs is 2. The van der Waals surface area contributed by atoms with Gasteiger partial charge in [0.2, 0.25) is 11.8 Å². The number of rotatable bonds is 5. The van der Waals surface area contributed by atoms with Crippen molar-refractivity contribution in [2.45, 2.75) is 35.9 Å². The summed E-state index contributed by atoms with van der Waals surface area (Å²) in [4.78, 5) is 44.0. The first kappa shape index (κ1) is 27.8. The molecule has 6 rings (SSSR count). The molecule has 0 radical (unpaired) electrons. The van der Waals surface area contributed by atoms with Gasteiger partial charge in [0.1, 0.15) is 17.6 Å². The summed E-state index contributed by atoms with van der Waals surface area (Å²) in [7, 11) is 0. The summed E-state index contributed by atoms with van der Waals surface area (Å²) < 4.78 is 47.3. The molecule has 1 N–H and O–H groups in total. The molecule has 0 saturated carbocycles. The van der Waals surface area contributed by atoms with E-state index in [-0.39, 0.29) is 17.2 Å². The minimum Gasteiger partial charge on any atom is -0.489 e. The van der Waals surface area contributed by atoms with Crippen molar-refractivity contribution in [1.82, 2.24) is 4.98 Å². The van der Waals surface area contributed by atoms with Crippen molar-refractivity contribution < 1.29 is 27.5 Å². The summed E-state index contributed by atoms with van der Waals surface area (Å²) in [5.74, 6) is -2.53. The number of carbonyl (C=O) groups is 2. The van der Waals surface area contributed by atoms with Gasteiger partial charge < -0.3 is 9.72 Å². The van der Waals surface area contributed by atoms with E-state index < -0.39 is 40.6 Å². The molecule has 4 aromatic rings. The number of hydrogen-bond donors (Lipinski definition) is 1. The standard InChI is InChI=1S/C29H20BrF3N2O4S2/c1-14-5-2-3-6-15(14)13-39-20-10-9-17(30)12-19(20)21-22-24(40-25-23(21)41-28(38)34-25)27(37)35(26(22)36)18-8-4-7-16(11-18)29(31,32)33/h2-12,21-22,24H,13H2,1H3,(H,34,38). The minimum absolute atomic E-state index is 0.148. The fraction of sp³-hybridized carbons (Fsp3) is 0.207. The normalized spacial score (nSPS) is 20.2. The number of amides is 2. The van der Waals surface area contributed by atoms with Gasteiger partial charge in [-0.15, -0.1) is 0 Å². The molecule has 3 heterocycles. The van der Waals surface area contributed by atoms with Crippen LogP contribution in [-0.4, -0.2) is 22.0 Å². The lowest BCUT2D eigenvalue weighted by atomic mass is 9.82. The topological polar surface area (TPSA) is 79.5 Å². The van der Waals surface area contributed by atoms with Crippen molar-refractivity contribution in [2.75, 3.05) is 4.90 Å². The summed E-state index contributed by atoms with van der Waals surface area (Å²) in [5, 5.41) is -0.494. The van der Waals surface area contributed by atoms with Crippen LogP contribution in [0.1, 0.15) is 33.0 Å². The highest BCUT2D eigenvalue weighted by molar-refractivity contribution is 9.10. The van der Waals surface area contributed by atoms with Gasteiger partial charge in [-0.25, -0.2) is 4.90 Å². The number of imide groups is 1. The number of aromatic nitrogens is 1. The van der Waals surface area contributed by atoms with Crippen LogP contribution in [0, 0.1) is 12.8 Å². The lowest BCUT2D eigenvalue weighted by Gasteiger charge is -2.31. The van der Waals surface area contributed by atoms with E-state index >= 15 is 0 Å². The Labute approximate surface area is 248 Å². The number of thiazole rings is 1. The SMILES string of the molecule is Cc1ccccc1COc1ccc(Br)cc1C1c2sc(=O)[nH]c2SC2C(=O)N(c3cccc(C(F)(F)F)c3)C(=O)C21. The van der Waals surface area contributed by atoms with Crippen LogP contribution in [0.4, 0.5) is 18.9 Å². The molecule has 1 aromatic heterocycles. The predicted octanol–water partition coefficient (Wildman–Crippen LogP) is 6.90. The molecule has 210 valence electrons. The van der Waals surface area contributed by atoms with E-state index in [2.05, 4.69) is 20.9 Å². The Hall–Kier alpha value is -3.35. The van der Waals surface area contributed by atoms with Crippen LogP contribution in [-0.2, 0) is 22.4 Å². The van der Waals surface area contributed by atoms with E-state index in [1.165, 1.54) is 12.1 Å². The Morgan fingerprint density at radius 2 is 1.78 bits per heavy atom. The van der Waals surface area contributed by atoms with E-state index in [1.807, 2.05) is 31.2 Å². The third-order valence-electron chi connectivity index (χ3n) is 7.21. The van der Waals surface area contributed by atoms with E-state index in [1.54, 1.807) is 18.2 Å². The van der Waals surface area contributed by atoms with Gasteiger partial charge in [0.05, 0.1) is 22.2 Å². The van der Waals surface area contributed by atoms with Gasteiger partial charge in [-0.2, -0.15) is 13.2 Å². The largest absolute Gasteiger partial charge is 0.489 e. The van der Waals surface area contributed by atoms with Gasteiger partial charge in [0.25, 0.3) is 0 Å². The van der Waals surface area contributed by atoms with Crippen LogP contribution >= 0.6 is 39.0 Å². The van der Waals surface area contributed by atoms with Crippen molar-refractivity contribution in [3.8, 4) is 5.75 Å². The Kier molecular flexibility index (Phi) is 7.11. The lowest BCUT2D eigenvalue weighted by molar-refractivity contribution is -0.137. The first-order valence-electron chi connectivity index (χ1n) is 12.4. The number of aryl methyl sites for hydroxylation is 1. The number of halogens is 4. The highest BCUT2D eigenvalue weighted by Crippen LogP contribution is 2.55. The average molecular weight is 662 g/mol. The number of carbonyl (C=O) groups excluding carboxylic acids is 2. The molecule has 0 spiro atoms. The molecule has 1 saturated heterocycles. The van der Waals surface area contributed by atoms with Crippen LogP contribution in [0.5, 0.6) is 5.75 Å². The van der Waals surface area contributed by atoms with Crippen LogP contribution in [0.15, 0.2) is 81.0 Å². The third-order valence-corrected chi connectivity index (χ3v) is 10.1. The average Bonchev–Trinajstić information content (AvgIpc) is 3.42. The molecule has 2 amide bonds. The molecule has 41 heavy (non-hydrogen) atoms. The van der Waals surface area contributed by atoms with Gasteiger partial charge in [0.15, 0.2) is 0 Å². The number of thioether (sulfide) groups is 1. The molecular weight excluding hydrogens is 641 g/mol. The number of H-pyrrole nitrogens is 1. The molecule has 2 aliphatic rings. The first-order chi connectivity index (χ1) is 19.5. The molecule has 1 fully saturated rings. The molecule has 6 nitrogen and oxygen atoms in total. The highest BCUT2D eigenvalue weighted by atomic mass is 79.9. The van der Waals surface area contributed by atoms with Gasteiger partial charge in [-0.3, -0.25) is 14.4 Å². The van der Waals surface area contributed by atoms with Crippen LogP contribution in [0.3, 0.4) is 0 Å². The van der Waals surface area contributed by atoms with E-state index in [4.69, 9.17) is 4.74 Å². The van der Waals surface area contributed by atoms with Crippen molar-refractivity contribution in [3.05, 3.63) is 108 Å². The van der Waals surface area contributed by atoms with E-state index in [9.17, 15) is 27.6 Å². The molecule has 3 aromatic carbocycles. The van der Waals surface area contributed by atoms with E-state index in [0.717, 1.165) is 51.3 Å². The highest BCUT2D eigenvalue weighted by Gasteiger charge is 2.57. The number of benzene rings is 3. The maximum Gasteiger partial charge on any atom is 0.416 e. The number of anilines is 1. The Balaban J connectivity index is 1.45. The fourth-order valence-corrected chi connectivity index (χ4v) is 8.13. The Morgan fingerprint density at radius 3 is 2.54 bits per heavy atom. The quantitative estimate of drug-likeness (QED) is 0.236. The van der Waals surface area contributed by atoms with Gasteiger partial charge in [-0.05, 0) is 54.4 Å². The van der Waals surface area contributed by atoms with Crippen LogP contribution in [0.25, 0.3) is 0 Å².